The van der Waals surface area contributed by atoms with Crippen LogP contribution >= 0.6 is 0 Å². The number of amides is 2. The molecule has 3 aliphatic carbocycles. The second-order valence-electron chi connectivity index (χ2n) is 7.36. The minimum atomic E-state index is -1.16. The highest BCUT2D eigenvalue weighted by Crippen LogP contribution is 2.60. The molecule has 2 fully saturated rings. The standard InChI is InChI=1S/C18H19NO7/c1-8-7-10-13(9(2)18(5-6-18)16(23)14(10)22)15(8)25-17(24)26-19-11(20)3-4-12(19)21/h7-8,15-16,23H,3-6H2,1-2H3/t8-,15?,16+/m1/s1. The molecule has 4 aliphatic rings. The van der Waals surface area contributed by atoms with Crippen LogP contribution in [0.2, 0.25) is 0 Å². The summed E-state index contributed by atoms with van der Waals surface area (Å²) in [4.78, 5) is 52.5. The lowest BCUT2D eigenvalue weighted by Gasteiger charge is -2.32. The first-order valence-electron chi connectivity index (χ1n) is 8.66. The van der Waals surface area contributed by atoms with Crippen molar-refractivity contribution in [2.45, 2.75) is 51.7 Å². The number of ketones is 1. The average Bonchev–Trinajstić information content (AvgIpc) is 3.27. The van der Waals surface area contributed by atoms with Crippen LogP contribution in [-0.4, -0.2) is 46.1 Å². The van der Waals surface area contributed by atoms with Crippen molar-refractivity contribution in [3.8, 4) is 0 Å². The molecule has 8 heteroatoms. The smallest absolute Gasteiger partial charge is 0.424 e. The number of hydrogen-bond acceptors (Lipinski definition) is 7. The maximum Gasteiger partial charge on any atom is 0.534 e. The molecule has 2 amide bonds. The van der Waals surface area contributed by atoms with Crippen molar-refractivity contribution in [1.82, 2.24) is 5.06 Å². The van der Waals surface area contributed by atoms with Crippen molar-refractivity contribution in [3.05, 3.63) is 22.8 Å². The maximum absolute atomic E-state index is 12.5. The van der Waals surface area contributed by atoms with Crippen LogP contribution in [0.5, 0.6) is 0 Å². The van der Waals surface area contributed by atoms with Gasteiger partial charge < -0.3 is 9.84 Å². The van der Waals surface area contributed by atoms with Gasteiger partial charge in [-0.1, -0.05) is 23.6 Å². The summed E-state index contributed by atoms with van der Waals surface area (Å²) in [6.45, 7) is 3.63. The van der Waals surface area contributed by atoms with Crippen molar-refractivity contribution in [3.63, 3.8) is 0 Å². The highest BCUT2D eigenvalue weighted by Gasteiger charge is 2.59. The zero-order chi connectivity index (χ0) is 18.8. The summed E-state index contributed by atoms with van der Waals surface area (Å²) in [5, 5.41) is 10.8. The van der Waals surface area contributed by atoms with E-state index in [0.29, 0.717) is 29.1 Å². The first kappa shape index (κ1) is 17.0. The number of carbonyl (C=O) groups excluding carboxylic acids is 4. The molecule has 3 atom stereocenters. The van der Waals surface area contributed by atoms with Crippen LogP contribution in [-0.2, 0) is 24.0 Å². The summed E-state index contributed by atoms with van der Waals surface area (Å²) in [7, 11) is 0. The molecule has 0 aromatic carbocycles. The molecule has 1 saturated heterocycles. The molecular weight excluding hydrogens is 342 g/mol. The summed E-state index contributed by atoms with van der Waals surface area (Å²) in [6, 6.07) is 0. The topological polar surface area (TPSA) is 110 Å². The van der Waals surface area contributed by atoms with Crippen LogP contribution in [0, 0.1) is 11.3 Å². The van der Waals surface area contributed by atoms with Gasteiger partial charge in [-0.15, -0.1) is 0 Å². The number of rotatable bonds is 2. The summed E-state index contributed by atoms with van der Waals surface area (Å²) in [5.41, 5.74) is 1.29. The number of hydrogen-bond donors (Lipinski definition) is 1. The Hall–Kier alpha value is -2.48. The van der Waals surface area contributed by atoms with E-state index in [1.165, 1.54) is 0 Å². The van der Waals surface area contributed by atoms with Gasteiger partial charge in [-0.05, 0) is 19.8 Å². The van der Waals surface area contributed by atoms with Gasteiger partial charge >= 0.3 is 6.16 Å². The van der Waals surface area contributed by atoms with E-state index in [-0.39, 0.29) is 24.5 Å². The summed E-state index contributed by atoms with van der Waals surface area (Å²) in [5.74, 6) is -1.82. The highest BCUT2D eigenvalue weighted by molar-refractivity contribution is 6.06. The van der Waals surface area contributed by atoms with Gasteiger partial charge in [0.15, 0.2) is 5.78 Å². The Kier molecular flexibility index (Phi) is 3.59. The molecule has 8 nitrogen and oxygen atoms in total. The van der Waals surface area contributed by atoms with Gasteiger partial charge in [-0.3, -0.25) is 19.2 Å². The Bertz CT molecular complexity index is 788. The van der Waals surface area contributed by atoms with Crippen molar-refractivity contribution in [1.29, 1.82) is 0 Å². The molecule has 1 aliphatic heterocycles. The van der Waals surface area contributed by atoms with Gasteiger partial charge in [-0.25, -0.2) is 4.79 Å². The van der Waals surface area contributed by atoms with E-state index in [2.05, 4.69) is 0 Å². The fourth-order valence-corrected chi connectivity index (χ4v) is 4.16. The molecule has 1 spiro atoms. The van der Waals surface area contributed by atoms with E-state index in [1.807, 2.05) is 6.92 Å². The van der Waals surface area contributed by atoms with Crippen LogP contribution in [0.1, 0.15) is 39.5 Å². The van der Waals surface area contributed by atoms with E-state index < -0.39 is 35.6 Å². The van der Waals surface area contributed by atoms with Crippen LogP contribution < -0.4 is 0 Å². The number of hydroxylamine groups is 2. The van der Waals surface area contributed by atoms with Gasteiger partial charge in [0.1, 0.15) is 12.2 Å². The summed E-state index contributed by atoms with van der Waals surface area (Å²) >= 11 is 0. The molecule has 1 heterocycles. The molecule has 1 saturated carbocycles. The Morgan fingerprint density at radius 1 is 1.23 bits per heavy atom. The third kappa shape index (κ3) is 2.25. The second kappa shape index (κ2) is 5.51. The number of fused-ring (bicyclic) bond motifs is 1. The molecule has 26 heavy (non-hydrogen) atoms. The van der Waals surface area contributed by atoms with Gasteiger partial charge in [0.05, 0.1) is 0 Å². The zero-order valence-electron chi connectivity index (χ0n) is 14.5. The van der Waals surface area contributed by atoms with E-state index in [1.54, 1.807) is 13.0 Å². The second-order valence-corrected chi connectivity index (χ2v) is 7.36. The predicted molar refractivity (Wildman–Crippen MR) is 85.1 cm³/mol. The first-order chi connectivity index (χ1) is 12.3. The predicted octanol–water partition coefficient (Wildman–Crippen LogP) is 1.19. The number of nitrogens with zero attached hydrogens (tertiary/aromatic N) is 1. The van der Waals surface area contributed by atoms with Crippen molar-refractivity contribution < 1.29 is 33.9 Å². The van der Waals surface area contributed by atoms with Crippen LogP contribution in [0.15, 0.2) is 22.8 Å². The first-order valence-corrected chi connectivity index (χ1v) is 8.66. The van der Waals surface area contributed by atoms with E-state index in [0.717, 1.165) is 5.57 Å². The molecule has 0 radical (unpaired) electrons. The quantitative estimate of drug-likeness (QED) is 0.581. The van der Waals surface area contributed by atoms with Crippen molar-refractivity contribution in [2.24, 2.45) is 11.3 Å². The molecule has 0 bridgehead atoms. The molecule has 138 valence electrons. The van der Waals surface area contributed by atoms with Crippen LogP contribution in [0.25, 0.3) is 0 Å². The zero-order valence-corrected chi connectivity index (χ0v) is 14.5. The minimum Gasteiger partial charge on any atom is -0.424 e. The molecule has 0 aromatic heterocycles. The molecule has 0 aromatic rings. The maximum atomic E-state index is 12.5. The van der Waals surface area contributed by atoms with E-state index >= 15 is 0 Å². The van der Waals surface area contributed by atoms with Gasteiger partial charge in [-0.2, -0.15) is 0 Å². The average molecular weight is 361 g/mol. The Morgan fingerprint density at radius 2 is 1.85 bits per heavy atom. The molecule has 1 unspecified atom stereocenters. The number of aliphatic hydroxyl groups is 1. The number of Topliss-reactive ketones (excluding diaryl/α,β-unsaturated/α-hetero) is 1. The Labute approximate surface area is 149 Å². The van der Waals surface area contributed by atoms with Gasteiger partial charge in [0, 0.05) is 35.3 Å². The fraction of sp³-hybridized carbons (Fsp3) is 0.556. The monoisotopic (exact) mass is 361 g/mol. The van der Waals surface area contributed by atoms with E-state index in [9.17, 15) is 24.3 Å². The third-order valence-corrected chi connectivity index (χ3v) is 5.85. The van der Waals surface area contributed by atoms with Gasteiger partial charge in [0.2, 0.25) is 0 Å². The van der Waals surface area contributed by atoms with Crippen molar-refractivity contribution in [2.75, 3.05) is 0 Å². The van der Waals surface area contributed by atoms with Crippen LogP contribution in [0.3, 0.4) is 0 Å². The molecule has 4 rings (SSSR count). The number of carbonyl (C=O) groups is 4. The lowest BCUT2D eigenvalue weighted by molar-refractivity contribution is -0.178. The largest absolute Gasteiger partial charge is 0.534 e. The highest BCUT2D eigenvalue weighted by atomic mass is 16.8. The summed E-state index contributed by atoms with van der Waals surface area (Å²) < 4.78 is 5.38. The minimum absolute atomic E-state index is 0.00316. The number of ether oxygens (including phenoxy) is 1. The number of aliphatic hydroxyl groups excluding tert-OH is 1. The van der Waals surface area contributed by atoms with Gasteiger partial charge in [0.25, 0.3) is 11.8 Å². The molecule has 1 N–H and O–H groups in total. The van der Waals surface area contributed by atoms with E-state index in [4.69, 9.17) is 9.57 Å². The van der Waals surface area contributed by atoms with Crippen LogP contribution in [0.4, 0.5) is 4.79 Å². The van der Waals surface area contributed by atoms with Crippen molar-refractivity contribution >= 4 is 23.8 Å². The SMILES string of the molecule is CC1=C2C(=C[C@@H](C)C2OC(=O)ON2C(=O)CCC2=O)C(=O)[C@H](O)C12CC2. The Morgan fingerprint density at radius 3 is 2.42 bits per heavy atom. The number of imide groups is 1. The summed E-state index contributed by atoms with van der Waals surface area (Å²) in [6.07, 6.45) is 0.130. The normalized spacial score (nSPS) is 32.1. The fourth-order valence-electron chi connectivity index (χ4n) is 4.16. The lowest BCUT2D eigenvalue weighted by Crippen LogP contribution is -2.40. The third-order valence-electron chi connectivity index (χ3n) is 5.85. The Balaban J connectivity index is 1.57. The molecular formula is C18H19NO7. The lowest BCUT2D eigenvalue weighted by atomic mass is 9.75.